The Morgan fingerprint density at radius 2 is 1.87 bits per heavy atom. The van der Waals surface area contributed by atoms with Crippen molar-refractivity contribution in [1.82, 2.24) is 0 Å². The second-order valence-electron chi connectivity index (χ2n) is 3.99. The highest BCUT2D eigenvalue weighted by atomic mass is 19.1. The summed E-state index contributed by atoms with van der Waals surface area (Å²) >= 11 is 0. The van der Waals surface area contributed by atoms with E-state index < -0.39 is 11.6 Å². The number of benzene rings is 1. The van der Waals surface area contributed by atoms with Gasteiger partial charge < -0.3 is 0 Å². The van der Waals surface area contributed by atoms with Gasteiger partial charge in [0.15, 0.2) is 0 Å². The van der Waals surface area contributed by atoms with Crippen LogP contribution in [0.2, 0.25) is 0 Å². The van der Waals surface area contributed by atoms with Crippen LogP contribution >= 0.6 is 0 Å². The standard InChI is InChI=1S/C12H12F2O/c1-2-10-11(6-12(10)15)7-3-8(13)5-9(14)4-7/h3-5,10-11H,2,6H2,1H3. The highest BCUT2D eigenvalue weighted by Crippen LogP contribution is 2.41. The minimum atomic E-state index is -0.570. The van der Waals surface area contributed by atoms with Crippen LogP contribution in [0.5, 0.6) is 0 Å². The van der Waals surface area contributed by atoms with Gasteiger partial charge in [0.05, 0.1) is 0 Å². The van der Waals surface area contributed by atoms with Crippen molar-refractivity contribution in [3.63, 3.8) is 0 Å². The first-order valence-electron chi connectivity index (χ1n) is 5.10. The monoisotopic (exact) mass is 210 g/mol. The summed E-state index contributed by atoms with van der Waals surface area (Å²) in [6.45, 7) is 1.92. The maximum Gasteiger partial charge on any atom is 0.137 e. The van der Waals surface area contributed by atoms with Crippen molar-refractivity contribution in [2.75, 3.05) is 0 Å². The van der Waals surface area contributed by atoms with Crippen LogP contribution in [0.4, 0.5) is 8.78 Å². The minimum Gasteiger partial charge on any atom is -0.299 e. The molecule has 0 radical (unpaired) electrons. The molecule has 2 atom stereocenters. The Labute approximate surface area is 87.1 Å². The summed E-state index contributed by atoms with van der Waals surface area (Å²) in [7, 11) is 0. The predicted octanol–water partition coefficient (Wildman–Crippen LogP) is 3.05. The number of rotatable bonds is 2. The summed E-state index contributed by atoms with van der Waals surface area (Å²) in [5.74, 6) is -0.982. The molecule has 1 nitrogen and oxygen atoms in total. The SMILES string of the molecule is CCC1C(=O)CC1c1cc(F)cc(F)c1. The summed E-state index contributed by atoms with van der Waals surface area (Å²) in [4.78, 5) is 11.2. The minimum absolute atomic E-state index is 0.00713. The molecule has 0 aliphatic heterocycles. The van der Waals surface area contributed by atoms with Crippen molar-refractivity contribution >= 4 is 5.78 Å². The molecule has 0 aromatic heterocycles. The van der Waals surface area contributed by atoms with Crippen molar-refractivity contribution in [2.24, 2.45) is 5.92 Å². The first-order chi connectivity index (χ1) is 7.11. The van der Waals surface area contributed by atoms with Gasteiger partial charge in [-0.1, -0.05) is 6.92 Å². The smallest absolute Gasteiger partial charge is 0.137 e. The fourth-order valence-electron chi connectivity index (χ4n) is 2.23. The Morgan fingerprint density at radius 3 is 2.33 bits per heavy atom. The van der Waals surface area contributed by atoms with E-state index >= 15 is 0 Å². The second-order valence-corrected chi connectivity index (χ2v) is 3.99. The Kier molecular flexibility index (Phi) is 2.55. The van der Waals surface area contributed by atoms with Gasteiger partial charge in [-0.2, -0.15) is 0 Å². The Hall–Kier alpha value is -1.25. The van der Waals surface area contributed by atoms with Crippen LogP contribution in [-0.2, 0) is 4.79 Å². The zero-order valence-corrected chi connectivity index (χ0v) is 8.47. The van der Waals surface area contributed by atoms with Crippen molar-refractivity contribution in [3.8, 4) is 0 Å². The lowest BCUT2D eigenvalue weighted by Crippen LogP contribution is -2.34. The van der Waals surface area contributed by atoms with Crippen molar-refractivity contribution < 1.29 is 13.6 Å². The first-order valence-corrected chi connectivity index (χ1v) is 5.10. The van der Waals surface area contributed by atoms with Crippen LogP contribution in [0.3, 0.4) is 0 Å². The van der Waals surface area contributed by atoms with Gasteiger partial charge in [0, 0.05) is 24.3 Å². The van der Waals surface area contributed by atoms with Crippen molar-refractivity contribution in [3.05, 3.63) is 35.4 Å². The molecule has 1 saturated carbocycles. The molecule has 1 fully saturated rings. The van der Waals surface area contributed by atoms with E-state index in [2.05, 4.69) is 0 Å². The summed E-state index contributed by atoms with van der Waals surface area (Å²) in [6.07, 6.45) is 1.16. The lowest BCUT2D eigenvalue weighted by Gasteiger charge is -2.34. The molecule has 2 rings (SSSR count). The molecule has 0 N–H and O–H groups in total. The van der Waals surface area contributed by atoms with Crippen LogP contribution in [0.25, 0.3) is 0 Å². The predicted molar refractivity (Wildman–Crippen MR) is 52.5 cm³/mol. The normalized spacial score (nSPS) is 25.1. The van der Waals surface area contributed by atoms with Crippen LogP contribution in [0.1, 0.15) is 31.2 Å². The Morgan fingerprint density at radius 1 is 1.27 bits per heavy atom. The summed E-state index contributed by atoms with van der Waals surface area (Å²) in [5, 5.41) is 0. The van der Waals surface area contributed by atoms with Gasteiger partial charge in [0.1, 0.15) is 17.4 Å². The van der Waals surface area contributed by atoms with Crippen LogP contribution < -0.4 is 0 Å². The zero-order valence-electron chi connectivity index (χ0n) is 8.47. The van der Waals surface area contributed by atoms with E-state index in [9.17, 15) is 13.6 Å². The van der Waals surface area contributed by atoms with E-state index in [0.29, 0.717) is 12.0 Å². The van der Waals surface area contributed by atoms with Gasteiger partial charge >= 0.3 is 0 Å². The molecular weight excluding hydrogens is 198 g/mol. The molecule has 1 aromatic carbocycles. The van der Waals surface area contributed by atoms with E-state index in [1.54, 1.807) is 0 Å². The molecule has 0 bridgehead atoms. The van der Waals surface area contributed by atoms with Crippen LogP contribution in [-0.4, -0.2) is 5.78 Å². The highest BCUT2D eigenvalue weighted by molar-refractivity contribution is 5.89. The number of halogens is 2. The van der Waals surface area contributed by atoms with Crippen molar-refractivity contribution in [2.45, 2.75) is 25.7 Å². The molecule has 1 aliphatic rings. The van der Waals surface area contributed by atoms with Gasteiger partial charge in [0.2, 0.25) is 0 Å². The zero-order chi connectivity index (χ0) is 11.0. The number of hydrogen-bond donors (Lipinski definition) is 0. The molecule has 0 saturated heterocycles. The van der Waals surface area contributed by atoms with Gasteiger partial charge in [-0.25, -0.2) is 8.78 Å². The number of Topliss-reactive ketones (excluding diaryl/α,β-unsaturated/α-hetero) is 1. The van der Waals surface area contributed by atoms with E-state index in [0.717, 1.165) is 12.5 Å². The number of ketones is 1. The molecule has 80 valence electrons. The number of hydrogen-bond acceptors (Lipinski definition) is 1. The van der Waals surface area contributed by atoms with E-state index in [4.69, 9.17) is 0 Å². The van der Waals surface area contributed by atoms with Gasteiger partial charge in [-0.05, 0) is 24.1 Å². The highest BCUT2D eigenvalue weighted by Gasteiger charge is 2.39. The summed E-state index contributed by atoms with van der Waals surface area (Å²) in [5.41, 5.74) is 0.610. The Bertz CT molecular complexity index is 380. The van der Waals surface area contributed by atoms with E-state index in [-0.39, 0.29) is 17.6 Å². The van der Waals surface area contributed by atoms with Crippen molar-refractivity contribution in [1.29, 1.82) is 0 Å². The summed E-state index contributed by atoms with van der Waals surface area (Å²) in [6, 6.07) is 3.50. The largest absolute Gasteiger partial charge is 0.299 e. The molecule has 15 heavy (non-hydrogen) atoms. The maximum atomic E-state index is 13.0. The molecule has 1 aliphatic carbocycles. The maximum absolute atomic E-state index is 13.0. The van der Waals surface area contributed by atoms with Gasteiger partial charge in [-0.3, -0.25) is 4.79 Å². The lowest BCUT2D eigenvalue weighted by molar-refractivity contribution is -0.131. The average Bonchev–Trinajstić information content (AvgIpc) is 2.13. The third-order valence-electron chi connectivity index (χ3n) is 3.07. The number of carbonyl (C=O) groups is 1. The van der Waals surface area contributed by atoms with Gasteiger partial charge in [-0.15, -0.1) is 0 Å². The van der Waals surface area contributed by atoms with Crippen LogP contribution in [0, 0.1) is 17.6 Å². The second kappa shape index (κ2) is 3.72. The van der Waals surface area contributed by atoms with E-state index in [1.165, 1.54) is 12.1 Å². The number of carbonyl (C=O) groups excluding carboxylic acids is 1. The molecule has 0 amide bonds. The topological polar surface area (TPSA) is 17.1 Å². The molecule has 2 unspecified atom stereocenters. The molecule has 0 spiro atoms. The fraction of sp³-hybridized carbons (Fsp3) is 0.417. The molecule has 3 heteroatoms. The summed E-state index contributed by atoms with van der Waals surface area (Å²) < 4.78 is 25.9. The van der Waals surface area contributed by atoms with Gasteiger partial charge in [0.25, 0.3) is 0 Å². The first kappa shape index (κ1) is 10.3. The molecular formula is C12H12F2O. The average molecular weight is 210 g/mol. The molecule has 0 heterocycles. The third-order valence-corrected chi connectivity index (χ3v) is 3.07. The van der Waals surface area contributed by atoms with Crippen LogP contribution in [0.15, 0.2) is 18.2 Å². The third kappa shape index (κ3) is 1.78. The Balaban J connectivity index is 2.27. The molecule has 1 aromatic rings. The fourth-order valence-corrected chi connectivity index (χ4v) is 2.23. The quantitative estimate of drug-likeness (QED) is 0.733. The lowest BCUT2D eigenvalue weighted by atomic mass is 9.68. The van der Waals surface area contributed by atoms with E-state index in [1.807, 2.05) is 6.92 Å².